The fourth-order valence-corrected chi connectivity index (χ4v) is 2.12. The van der Waals surface area contributed by atoms with Crippen LogP contribution in [0.5, 0.6) is 0 Å². The van der Waals surface area contributed by atoms with Crippen molar-refractivity contribution in [1.82, 2.24) is 4.98 Å². The van der Waals surface area contributed by atoms with Gasteiger partial charge in [0.25, 0.3) is 0 Å². The lowest BCUT2D eigenvalue weighted by atomic mass is 9.79. The Kier molecular flexibility index (Phi) is 2.65. The number of hydrogen-bond acceptors (Lipinski definition) is 2. The van der Waals surface area contributed by atoms with E-state index in [0.717, 1.165) is 22.9 Å². The molecule has 1 aliphatic carbocycles. The molecule has 0 saturated heterocycles. The van der Waals surface area contributed by atoms with Crippen LogP contribution in [0.25, 0.3) is 0 Å². The fraction of sp³-hybridized carbons (Fsp3) is 0.500. The van der Waals surface area contributed by atoms with E-state index < -0.39 is 0 Å². The van der Waals surface area contributed by atoms with Crippen molar-refractivity contribution in [1.29, 1.82) is 0 Å². The minimum Gasteiger partial charge on any atom is -0.388 e. The number of pyridine rings is 1. The van der Waals surface area contributed by atoms with Crippen LogP contribution in [0.1, 0.15) is 30.9 Å². The van der Waals surface area contributed by atoms with Crippen molar-refractivity contribution in [2.45, 2.75) is 25.4 Å². The predicted octanol–water partition coefficient (Wildman–Crippen LogP) is 2.68. The summed E-state index contributed by atoms with van der Waals surface area (Å²) < 4.78 is 0.911. The van der Waals surface area contributed by atoms with Gasteiger partial charge in [-0.3, -0.25) is 4.98 Å². The maximum atomic E-state index is 9.96. The molecule has 13 heavy (non-hydrogen) atoms. The Hall–Kier alpha value is -0.410. The van der Waals surface area contributed by atoms with Gasteiger partial charge in [0, 0.05) is 16.9 Å². The SMILES string of the molecule is OC(c1ccncc1Br)C1CCC1. The van der Waals surface area contributed by atoms with Gasteiger partial charge in [0.2, 0.25) is 0 Å². The second-order valence-corrected chi connectivity index (χ2v) is 4.39. The molecule has 1 aliphatic rings. The van der Waals surface area contributed by atoms with Crippen molar-refractivity contribution in [2.24, 2.45) is 5.92 Å². The van der Waals surface area contributed by atoms with E-state index in [9.17, 15) is 5.11 Å². The zero-order valence-electron chi connectivity index (χ0n) is 7.28. The second kappa shape index (κ2) is 3.76. The molecule has 0 aliphatic heterocycles. The number of aliphatic hydroxyl groups excluding tert-OH is 1. The summed E-state index contributed by atoms with van der Waals surface area (Å²) in [5.41, 5.74) is 0.972. The number of halogens is 1. The lowest BCUT2D eigenvalue weighted by Crippen LogP contribution is -2.20. The zero-order chi connectivity index (χ0) is 9.26. The van der Waals surface area contributed by atoms with Gasteiger partial charge in [-0.2, -0.15) is 0 Å². The van der Waals surface area contributed by atoms with Crippen molar-refractivity contribution in [2.75, 3.05) is 0 Å². The monoisotopic (exact) mass is 241 g/mol. The molecule has 0 bridgehead atoms. The van der Waals surface area contributed by atoms with Crippen LogP contribution in [0.2, 0.25) is 0 Å². The van der Waals surface area contributed by atoms with Gasteiger partial charge in [-0.15, -0.1) is 0 Å². The van der Waals surface area contributed by atoms with E-state index in [2.05, 4.69) is 20.9 Å². The highest BCUT2D eigenvalue weighted by molar-refractivity contribution is 9.10. The summed E-state index contributed by atoms with van der Waals surface area (Å²) >= 11 is 3.40. The van der Waals surface area contributed by atoms with Crippen molar-refractivity contribution in [3.8, 4) is 0 Å². The summed E-state index contributed by atoms with van der Waals surface area (Å²) in [6, 6.07) is 1.88. The summed E-state index contributed by atoms with van der Waals surface area (Å²) in [6.45, 7) is 0. The normalized spacial score (nSPS) is 19.5. The van der Waals surface area contributed by atoms with E-state index in [4.69, 9.17) is 0 Å². The third-order valence-electron chi connectivity index (χ3n) is 2.72. The lowest BCUT2D eigenvalue weighted by molar-refractivity contribution is 0.0615. The van der Waals surface area contributed by atoms with E-state index in [0.29, 0.717) is 5.92 Å². The highest BCUT2D eigenvalue weighted by atomic mass is 79.9. The molecule has 3 heteroatoms. The molecule has 0 spiro atoms. The summed E-state index contributed by atoms with van der Waals surface area (Å²) in [4.78, 5) is 3.97. The van der Waals surface area contributed by atoms with Crippen LogP contribution >= 0.6 is 15.9 Å². The quantitative estimate of drug-likeness (QED) is 0.864. The van der Waals surface area contributed by atoms with Gasteiger partial charge in [-0.25, -0.2) is 0 Å². The molecule has 1 saturated carbocycles. The van der Waals surface area contributed by atoms with E-state index in [1.165, 1.54) is 6.42 Å². The Balaban J connectivity index is 2.18. The van der Waals surface area contributed by atoms with Gasteiger partial charge in [-0.1, -0.05) is 6.42 Å². The van der Waals surface area contributed by atoms with Crippen LogP contribution in [0, 0.1) is 5.92 Å². The number of rotatable bonds is 2. The Bertz CT molecular complexity index is 299. The molecule has 1 N–H and O–H groups in total. The number of aliphatic hydroxyl groups is 1. The van der Waals surface area contributed by atoms with Crippen molar-refractivity contribution < 1.29 is 5.11 Å². The van der Waals surface area contributed by atoms with E-state index in [-0.39, 0.29) is 6.10 Å². The maximum Gasteiger partial charge on any atom is 0.0830 e. The molecule has 2 nitrogen and oxygen atoms in total. The molecule has 1 aromatic heterocycles. The Labute approximate surface area is 86.1 Å². The van der Waals surface area contributed by atoms with Crippen molar-refractivity contribution in [3.05, 3.63) is 28.5 Å². The van der Waals surface area contributed by atoms with Gasteiger partial charge < -0.3 is 5.11 Å². The van der Waals surface area contributed by atoms with Crippen LogP contribution in [0.15, 0.2) is 22.9 Å². The number of hydrogen-bond donors (Lipinski definition) is 1. The molecule has 0 amide bonds. The highest BCUT2D eigenvalue weighted by Gasteiger charge is 2.27. The molecule has 0 aromatic carbocycles. The average Bonchev–Trinajstić information content (AvgIpc) is 2.01. The van der Waals surface area contributed by atoms with Crippen LogP contribution in [-0.4, -0.2) is 10.1 Å². The first kappa shape index (κ1) is 9.16. The molecule has 1 atom stereocenters. The first-order chi connectivity index (χ1) is 6.29. The minimum absolute atomic E-state index is 0.314. The molecule has 1 aromatic rings. The molecule has 1 fully saturated rings. The second-order valence-electron chi connectivity index (χ2n) is 3.53. The molecular formula is C10H12BrNO. The highest BCUT2D eigenvalue weighted by Crippen LogP contribution is 2.39. The fourth-order valence-electron chi connectivity index (χ4n) is 1.64. The van der Waals surface area contributed by atoms with Gasteiger partial charge >= 0.3 is 0 Å². The third-order valence-corrected chi connectivity index (χ3v) is 3.38. The Morgan fingerprint density at radius 2 is 2.31 bits per heavy atom. The largest absolute Gasteiger partial charge is 0.388 e. The van der Waals surface area contributed by atoms with Crippen LogP contribution < -0.4 is 0 Å². The Morgan fingerprint density at radius 1 is 1.54 bits per heavy atom. The van der Waals surface area contributed by atoms with Gasteiger partial charge in [0.1, 0.15) is 0 Å². The summed E-state index contributed by atoms with van der Waals surface area (Å²) in [7, 11) is 0. The number of aromatic nitrogens is 1. The molecule has 2 rings (SSSR count). The van der Waals surface area contributed by atoms with Gasteiger partial charge in [0.15, 0.2) is 0 Å². The Morgan fingerprint density at radius 3 is 2.85 bits per heavy atom. The molecule has 1 unspecified atom stereocenters. The first-order valence-corrected chi connectivity index (χ1v) is 5.36. The van der Waals surface area contributed by atoms with E-state index in [1.54, 1.807) is 12.4 Å². The summed E-state index contributed by atoms with van der Waals surface area (Å²) in [5, 5.41) is 9.96. The van der Waals surface area contributed by atoms with Crippen LogP contribution in [0.4, 0.5) is 0 Å². The lowest BCUT2D eigenvalue weighted by Gasteiger charge is -2.30. The maximum absolute atomic E-state index is 9.96. The smallest absolute Gasteiger partial charge is 0.0830 e. The molecule has 70 valence electrons. The average molecular weight is 242 g/mol. The summed E-state index contributed by atoms with van der Waals surface area (Å²) in [5.74, 6) is 0.457. The first-order valence-electron chi connectivity index (χ1n) is 4.56. The number of nitrogens with zero attached hydrogens (tertiary/aromatic N) is 1. The van der Waals surface area contributed by atoms with Crippen molar-refractivity contribution in [3.63, 3.8) is 0 Å². The van der Waals surface area contributed by atoms with Gasteiger partial charge in [-0.05, 0) is 46.3 Å². The van der Waals surface area contributed by atoms with E-state index >= 15 is 0 Å². The standard InChI is InChI=1S/C10H12BrNO/c11-9-6-12-5-4-8(9)10(13)7-2-1-3-7/h4-7,10,13H,1-3H2. The molecule has 0 radical (unpaired) electrons. The van der Waals surface area contributed by atoms with Crippen LogP contribution in [-0.2, 0) is 0 Å². The van der Waals surface area contributed by atoms with Crippen LogP contribution in [0.3, 0.4) is 0 Å². The molecular weight excluding hydrogens is 230 g/mol. The topological polar surface area (TPSA) is 33.1 Å². The summed E-state index contributed by atoms with van der Waals surface area (Å²) in [6.07, 6.45) is 6.70. The predicted molar refractivity (Wildman–Crippen MR) is 54.2 cm³/mol. The van der Waals surface area contributed by atoms with Crippen molar-refractivity contribution >= 4 is 15.9 Å². The zero-order valence-corrected chi connectivity index (χ0v) is 8.87. The van der Waals surface area contributed by atoms with E-state index in [1.807, 2.05) is 6.07 Å². The third kappa shape index (κ3) is 1.76. The van der Waals surface area contributed by atoms with Gasteiger partial charge in [0.05, 0.1) is 6.10 Å². The molecule has 1 heterocycles. The minimum atomic E-state index is -0.314.